The smallest absolute Gasteiger partial charge is 0.253 e. The van der Waals surface area contributed by atoms with Crippen molar-refractivity contribution in [3.05, 3.63) is 29.2 Å². The molecular formula is C15H22N4O3S2. The molecule has 24 heavy (non-hydrogen) atoms. The van der Waals surface area contributed by atoms with Crippen molar-refractivity contribution < 1.29 is 12.9 Å². The van der Waals surface area contributed by atoms with Crippen LogP contribution in [0.15, 0.2) is 26.2 Å². The number of piperidine rings is 1. The summed E-state index contributed by atoms with van der Waals surface area (Å²) in [7, 11) is -1.65. The van der Waals surface area contributed by atoms with Crippen LogP contribution in [-0.2, 0) is 16.4 Å². The minimum absolute atomic E-state index is 0.229. The highest BCUT2D eigenvalue weighted by atomic mass is 32.2. The largest absolute Gasteiger partial charge is 0.338 e. The summed E-state index contributed by atoms with van der Waals surface area (Å²) in [6, 6.07) is 3.24. The van der Waals surface area contributed by atoms with E-state index in [2.05, 4.69) is 15.5 Å². The Morgan fingerprint density at radius 1 is 1.50 bits per heavy atom. The molecule has 7 nitrogen and oxygen atoms in total. The molecule has 0 aliphatic carbocycles. The molecule has 2 atom stereocenters. The molecule has 1 saturated heterocycles. The number of aromatic nitrogens is 2. The van der Waals surface area contributed by atoms with Gasteiger partial charge in [-0.05, 0) is 38.3 Å². The van der Waals surface area contributed by atoms with E-state index >= 15 is 0 Å². The van der Waals surface area contributed by atoms with Gasteiger partial charge >= 0.3 is 0 Å². The number of hydrogen-bond acceptors (Lipinski definition) is 7. The molecule has 2 unspecified atom stereocenters. The van der Waals surface area contributed by atoms with Crippen LogP contribution in [0.4, 0.5) is 0 Å². The minimum atomic E-state index is -3.52. The van der Waals surface area contributed by atoms with E-state index in [0.717, 1.165) is 12.8 Å². The van der Waals surface area contributed by atoms with E-state index in [1.807, 2.05) is 14.0 Å². The van der Waals surface area contributed by atoms with Crippen molar-refractivity contribution >= 4 is 21.4 Å². The van der Waals surface area contributed by atoms with Crippen LogP contribution in [0.3, 0.4) is 0 Å². The zero-order valence-electron chi connectivity index (χ0n) is 13.8. The maximum Gasteiger partial charge on any atom is 0.253 e. The van der Waals surface area contributed by atoms with Gasteiger partial charge in [0.15, 0.2) is 5.82 Å². The first kappa shape index (κ1) is 17.5. The SMILES string of the molecule is CNC(C)Cc1noc(C2CCCCN2S(=O)(=O)c2cccs2)n1. The van der Waals surface area contributed by atoms with Crippen molar-refractivity contribution in [2.24, 2.45) is 0 Å². The highest BCUT2D eigenvalue weighted by Crippen LogP contribution is 2.35. The normalized spacial score (nSPS) is 21.0. The number of nitrogens with zero attached hydrogens (tertiary/aromatic N) is 3. The van der Waals surface area contributed by atoms with Gasteiger partial charge in [-0.3, -0.25) is 0 Å². The van der Waals surface area contributed by atoms with E-state index in [1.165, 1.54) is 15.6 Å². The van der Waals surface area contributed by atoms with Crippen molar-refractivity contribution in [1.82, 2.24) is 19.8 Å². The average Bonchev–Trinajstić information content (AvgIpc) is 3.27. The molecule has 0 aromatic carbocycles. The summed E-state index contributed by atoms with van der Waals surface area (Å²) in [5, 5.41) is 8.91. The van der Waals surface area contributed by atoms with Gasteiger partial charge in [-0.15, -0.1) is 11.3 Å². The highest BCUT2D eigenvalue weighted by Gasteiger charge is 2.38. The summed E-state index contributed by atoms with van der Waals surface area (Å²) >= 11 is 1.23. The standard InChI is InChI=1S/C15H22N4O3S2/c1-11(16-2)10-13-17-15(22-18-13)12-6-3-4-8-19(12)24(20,21)14-7-5-9-23-14/h5,7,9,11-12,16H,3-4,6,8,10H2,1-2H3. The molecule has 0 spiro atoms. The van der Waals surface area contributed by atoms with Crippen LogP contribution in [0.2, 0.25) is 0 Å². The lowest BCUT2D eigenvalue weighted by Gasteiger charge is -2.31. The Labute approximate surface area is 146 Å². The monoisotopic (exact) mass is 370 g/mol. The summed E-state index contributed by atoms with van der Waals surface area (Å²) in [6.07, 6.45) is 3.14. The molecule has 1 fully saturated rings. The van der Waals surface area contributed by atoms with Gasteiger partial charge in [-0.1, -0.05) is 17.6 Å². The maximum absolute atomic E-state index is 12.9. The zero-order chi connectivity index (χ0) is 17.2. The topological polar surface area (TPSA) is 88.3 Å². The summed E-state index contributed by atoms with van der Waals surface area (Å²) in [6.45, 7) is 2.51. The average molecular weight is 371 g/mol. The summed E-state index contributed by atoms with van der Waals surface area (Å²) < 4.78 is 33.1. The van der Waals surface area contributed by atoms with E-state index < -0.39 is 10.0 Å². The van der Waals surface area contributed by atoms with E-state index in [4.69, 9.17) is 4.52 Å². The van der Waals surface area contributed by atoms with Gasteiger partial charge < -0.3 is 9.84 Å². The lowest BCUT2D eigenvalue weighted by Crippen LogP contribution is -2.38. The van der Waals surface area contributed by atoms with E-state index in [0.29, 0.717) is 35.3 Å². The fourth-order valence-electron chi connectivity index (χ4n) is 2.83. The number of sulfonamides is 1. The summed E-state index contributed by atoms with van der Waals surface area (Å²) in [5.74, 6) is 0.999. The number of rotatable bonds is 6. The first-order valence-electron chi connectivity index (χ1n) is 8.07. The van der Waals surface area contributed by atoms with E-state index in [-0.39, 0.29) is 12.1 Å². The van der Waals surface area contributed by atoms with Crippen molar-refractivity contribution in [2.45, 2.75) is 48.9 Å². The first-order valence-corrected chi connectivity index (χ1v) is 10.4. The van der Waals surface area contributed by atoms with Gasteiger partial charge in [0.25, 0.3) is 10.0 Å². The molecule has 0 saturated carbocycles. The van der Waals surface area contributed by atoms with Gasteiger partial charge in [0.05, 0.1) is 0 Å². The van der Waals surface area contributed by atoms with Crippen molar-refractivity contribution in [2.75, 3.05) is 13.6 Å². The fraction of sp³-hybridized carbons (Fsp3) is 0.600. The number of hydrogen-bond donors (Lipinski definition) is 1. The molecular weight excluding hydrogens is 348 g/mol. The van der Waals surface area contributed by atoms with Crippen LogP contribution < -0.4 is 5.32 Å². The third kappa shape index (κ3) is 3.53. The van der Waals surface area contributed by atoms with Crippen molar-refractivity contribution in [3.8, 4) is 0 Å². The van der Waals surface area contributed by atoms with Crippen molar-refractivity contribution in [1.29, 1.82) is 0 Å². The van der Waals surface area contributed by atoms with Crippen LogP contribution >= 0.6 is 11.3 Å². The lowest BCUT2D eigenvalue weighted by atomic mass is 10.1. The molecule has 1 aliphatic heterocycles. The fourth-order valence-corrected chi connectivity index (χ4v) is 5.60. The second kappa shape index (κ2) is 7.30. The van der Waals surface area contributed by atoms with Crippen LogP contribution in [-0.4, -0.2) is 42.5 Å². The van der Waals surface area contributed by atoms with E-state index in [1.54, 1.807) is 17.5 Å². The van der Waals surface area contributed by atoms with Gasteiger partial charge in [-0.2, -0.15) is 9.29 Å². The van der Waals surface area contributed by atoms with Gasteiger partial charge in [0.2, 0.25) is 5.89 Å². The molecule has 1 aliphatic rings. The maximum atomic E-state index is 12.9. The molecule has 1 N–H and O–H groups in total. The number of nitrogens with one attached hydrogen (secondary N) is 1. The first-order chi connectivity index (χ1) is 11.5. The van der Waals surface area contributed by atoms with Crippen LogP contribution in [0, 0.1) is 0 Å². The van der Waals surface area contributed by atoms with Crippen LogP contribution in [0.5, 0.6) is 0 Å². The third-order valence-corrected chi connectivity index (χ3v) is 7.54. The Hall–Kier alpha value is -1.29. The van der Waals surface area contributed by atoms with Crippen molar-refractivity contribution in [3.63, 3.8) is 0 Å². The molecule has 132 valence electrons. The predicted octanol–water partition coefficient (Wildman–Crippen LogP) is 2.20. The molecule has 3 rings (SSSR count). The predicted molar refractivity (Wildman–Crippen MR) is 91.3 cm³/mol. The summed E-state index contributed by atoms with van der Waals surface area (Å²) in [4.78, 5) is 4.45. The second-order valence-corrected chi connectivity index (χ2v) is 9.07. The van der Waals surface area contributed by atoms with Gasteiger partial charge in [0.1, 0.15) is 10.3 Å². The Morgan fingerprint density at radius 2 is 2.33 bits per heavy atom. The third-order valence-electron chi connectivity index (χ3n) is 4.26. The lowest BCUT2D eigenvalue weighted by molar-refractivity contribution is 0.204. The number of likely N-dealkylation sites (N-methyl/N-ethyl adjacent to an activating group) is 1. The molecule has 2 aromatic heterocycles. The Balaban J connectivity index is 1.85. The molecule has 0 amide bonds. The van der Waals surface area contributed by atoms with Crippen LogP contribution in [0.25, 0.3) is 0 Å². The quantitative estimate of drug-likeness (QED) is 0.839. The van der Waals surface area contributed by atoms with Gasteiger partial charge in [-0.25, -0.2) is 8.42 Å². The second-order valence-electron chi connectivity index (χ2n) is 6.00. The molecule has 9 heteroatoms. The Bertz CT molecular complexity index is 758. The molecule has 0 radical (unpaired) electrons. The zero-order valence-corrected chi connectivity index (χ0v) is 15.4. The van der Waals surface area contributed by atoms with Crippen LogP contribution in [0.1, 0.15) is 43.9 Å². The molecule has 2 aromatic rings. The number of thiophene rings is 1. The van der Waals surface area contributed by atoms with Gasteiger partial charge in [0, 0.05) is 19.0 Å². The minimum Gasteiger partial charge on any atom is -0.338 e. The summed E-state index contributed by atoms with van der Waals surface area (Å²) in [5.41, 5.74) is 0. The molecule has 0 bridgehead atoms. The Morgan fingerprint density at radius 3 is 3.04 bits per heavy atom. The van der Waals surface area contributed by atoms with E-state index in [9.17, 15) is 8.42 Å². The molecule has 3 heterocycles. The highest BCUT2D eigenvalue weighted by molar-refractivity contribution is 7.91. The Kier molecular flexibility index (Phi) is 5.33.